The summed E-state index contributed by atoms with van der Waals surface area (Å²) in [6.45, 7) is 10.3. The molecule has 2 heterocycles. The minimum Gasteiger partial charge on any atom is -0.449 e. The SMILES string of the molecule is CC(C)(C)NC(=O)OCC1CCN(CC2(O)CCOCC2)CC1. The van der Waals surface area contributed by atoms with Gasteiger partial charge in [0.1, 0.15) is 0 Å². The van der Waals surface area contributed by atoms with Crippen molar-refractivity contribution in [2.24, 2.45) is 5.92 Å². The first-order valence-electron chi connectivity index (χ1n) is 8.73. The van der Waals surface area contributed by atoms with Crippen LogP contribution in [0, 0.1) is 5.92 Å². The number of nitrogens with zero attached hydrogens (tertiary/aromatic N) is 1. The zero-order valence-electron chi connectivity index (χ0n) is 14.8. The maximum absolute atomic E-state index is 11.7. The molecule has 6 nitrogen and oxygen atoms in total. The van der Waals surface area contributed by atoms with Gasteiger partial charge in [-0.2, -0.15) is 0 Å². The molecule has 0 atom stereocenters. The van der Waals surface area contributed by atoms with Crippen LogP contribution in [0.4, 0.5) is 4.79 Å². The third kappa shape index (κ3) is 6.65. The predicted octanol–water partition coefficient (Wildman–Crippen LogP) is 1.76. The van der Waals surface area contributed by atoms with Crippen LogP contribution in [-0.4, -0.2) is 66.7 Å². The van der Waals surface area contributed by atoms with Crippen LogP contribution in [0.5, 0.6) is 0 Å². The number of hydrogen-bond acceptors (Lipinski definition) is 5. The number of alkyl carbamates (subject to hydrolysis) is 1. The van der Waals surface area contributed by atoms with Gasteiger partial charge in [-0.3, -0.25) is 0 Å². The highest BCUT2D eigenvalue weighted by atomic mass is 16.5. The molecule has 0 unspecified atom stereocenters. The van der Waals surface area contributed by atoms with E-state index in [-0.39, 0.29) is 11.6 Å². The fraction of sp³-hybridized carbons (Fsp3) is 0.941. The summed E-state index contributed by atoms with van der Waals surface area (Å²) in [5, 5.41) is 13.4. The van der Waals surface area contributed by atoms with Crippen LogP contribution in [0.2, 0.25) is 0 Å². The summed E-state index contributed by atoms with van der Waals surface area (Å²) in [6.07, 6.45) is 3.13. The molecule has 2 saturated heterocycles. The molecule has 2 fully saturated rings. The molecule has 0 aromatic carbocycles. The Bertz CT molecular complexity index is 381. The molecule has 134 valence electrons. The molecular formula is C17H32N2O4. The standard InChI is InChI=1S/C17H32N2O4/c1-16(2,3)18-15(20)23-12-14-4-8-19(9-5-14)13-17(21)6-10-22-11-7-17/h14,21H,4-13H2,1-3H3,(H,18,20). The summed E-state index contributed by atoms with van der Waals surface area (Å²) in [6, 6.07) is 0. The largest absolute Gasteiger partial charge is 0.449 e. The lowest BCUT2D eigenvalue weighted by atomic mass is 9.91. The fourth-order valence-corrected chi connectivity index (χ4v) is 3.17. The van der Waals surface area contributed by atoms with E-state index >= 15 is 0 Å². The first kappa shape index (κ1) is 18.5. The molecule has 0 aromatic rings. The van der Waals surface area contributed by atoms with Crippen LogP contribution < -0.4 is 5.32 Å². The Morgan fingerprint density at radius 1 is 1.30 bits per heavy atom. The summed E-state index contributed by atoms with van der Waals surface area (Å²) in [5.74, 6) is 0.418. The van der Waals surface area contributed by atoms with Gasteiger partial charge in [0.25, 0.3) is 0 Å². The molecule has 0 saturated carbocycles. The maximum atomic E-state index is 11.7. The van der Waals surface area contributed by atoms with Crippen molar-refractivity contribution >= 4 is 6.09 Å². The Morgan fingerprint density at radius 3 is 2.48 bits per heavy atom. The molecule has 2 aliphatic rings. The van der Waals surface area contributed by atoms with E-state index in [0.717, 1.165) is 45.3 Å². The Kier molecular flexibility index (Phi) is 6.28. The number of carbonyl (C=O) groups is 1. The second-order valence-corrected chi connectivity index (χ2v) is 8.03. The molecule has 0 bridgehead atoms. The molecule has 0 spiro atoms. The van der Waals surface area contributed by atoms with Crippen molar-refractivity contribution in [2.45, 2.75) is 57.6 Å². The van der Waals surface area contributed by atoms with Crippen molar-refractivity contribution in [3.05, 3.63) is 0 Å². The normalized spacial score (nSPS) is 23.5. The van der Waals surface area contributed by atoms with Crippen LogP contribution in [0.15, 0.2) is 0 Å². The van der Waals surface area contributed by atoms with Gasteiger partial charge in [-0.25, -0.2) is 4.79 Å². The van der Waals surface area contributed by atoms with Gasteiger partial charge in [-0.1, -0.05) is 0 Å². The monoisotopic (exact) mass is 328 g/mol. The van der Waals surface area contributed by atoms with E-state index < -0.39 is 5.60 Å². The second kappa shape index (κ2) is 7.81. The number of hydrogen-bond donors (Lipinski definition) is 2. The highest BCUT2D eigenvalue weighted by Crippen LogP contribution is 2.25. The van der Waals surface area contributed by atoms with E-state index in [0.29, 0.717) is 25.7 Å². The van der Waals surface area contributed by atoms with E-state index in [1.807, 2.05) is 20.8 Å². The van der Waals surface area contributed by atoms with E-state index in [1.54, 1.807) is 0 Å². The number of amides is 1. The predicted molar refractivity (Wildman–Crippen MR) is 88.4 cm³/mol. The molecule has 2 N–H and O–H groups in total. The number of piperidine rings is 1. The molecule has 1 amide bonds. The summed E-state index contributed by atoms with van der Waals surface area (Å²) in [7, 11) is 0. The number of nitrogens with one attached hydrogen (secondary N) is 1. The minimum absolute atomic E-state index is 0.264. The molecule has 0 radical (unpaired) electrons. The van der Waals surface area contributed by atoms with E-state index in [2.05, 4.69) is 10.2 Å². The Balaban J connectivity index is 1.65. The zero-order chi connectivity index (χ0) is 16.9. The van der Waals surface area contributed by atoms with E-state index in [4.69, 9.17) is 9.47 Å². The minimum atomic E-state index is -0.589. The zero-order valence-corrected chi connectivity index (χ0v) is 14.8. The molecule has 6 heteroatoms. The van der Waals surface area contributed by atoms with Crippen molar-refractivity contribution in [1.82, 2.24) is 10.2 Å². The quantitative estimate of drug-likeness (QED) is 0.823. The topological polar surface area (TPSA) is 71.0 Å². The Labute approximate surface area is 139 Å². The number of ether oxygens (including phenoxy) is 2. The summed E-state index contributed by atoms with van der Waals surface area (Å²) < 4.78 is 10.7. The first-order valence-corrected chi connectivity index (χ1v) is 8.73. The molecule has 0 aromatic heterocycles. The maximum Gasteiger partial charge on any atom is 0.407 e. The highest BCUT2D eigenvalue weighted by molar-refractivity contribution is 5.68. The summed E-state index contributed by atoms with van der Waals surface area (Å²) in [4.78, 5) is 14.0. The van der Waals surface area contributed by atoms with Crippen molar-refractivity contribution < 1.29 is 19.4 Å². The van der Waals surface area contributed by atoms with Gasteiger partial charge in [0.2, 0.25) is 0 Å². The van der Waals surface area contributed by atoms with Gasteiger partial charge in [0.05, 0.1) is 12.2 Å². The smallest absolute Gasteiger partial charge is 0.407 e. The molecule has 2 aliphatic heterocycles. The molecule has 0 aliphatic carbocycles. The number of aliphatic hydroxyl groups is 1. The van der Waals surface area contributed by atoms with Gasteiger partial charge in [-0.15, -0.1) is 0 Å². The number of carbonyl (C=O) groups excluding carboxylic acids is 1. The Hall–Kier alpha value is -0.850. The van der Waals surface area contributed by atoms with E-state index in [9.17, 15) is 9.90 Å². The third-order valence-corrected chi connectivity index (χ3v) is 4.58. The number of rotatable bonds is 4. The fourth-order valence-electron chi connectivity index (χ4n) is 3.17. The third-order valence-electron chi connectivity index (χ3n) is 4.58. The van der Waals surface area contributed by atoms with Crippen LogP contribution in [0.3, 0.4) is 0 Å². The highest BCUT2D eigenvalue weighted by Gasteiger charge is 2.33. The lowest BCUT2D eigenvalue weighted by molar-refractivity contribution is -0.0835. The van der Waals surface area contributed by atoms with Crippen LogP contribution in [-0.2, 0) is 9.47 Å². The lowest BCUT2D eigenvalue weighted by Gasteiger charge is -2.39. The van der Waals surface area contributed by atoms with Crippen molar-refractivity contribution in [3.63, 3.8) is 0 Å². The first-order chi connectivity index (χ1) is 10.8. The average molecular weight is 328 g/mol. The summed E-state index contributed by atoms with van der Waals surface area (Å²) in [5.41, 5.74) is -0.853. The summed E-state index contributed by atoms with van der Waals surface area (Å²) >= 11 is 0. The second-order valence-electron chi connectivity index (χ2n) is 8.03. The molecule has 23 heavy (non-hydrogen) atoms. The van der Waals surface area contributed by atoms with Crippen LogP contribution in [0.25, 0.3) is 0 Å². The Morgan fingerprint density at radius 2 is 1.91 bits per heavy atom. The van der Waals surface area contributed by atoms with Crippen LogP contribution >= 0.6 is 0 Å². The van der Waals surface area contributed by atoms with Gasteiger partial charge in [-0.05, 0) is 52.6 Å². The van der Waals surface area contributed by atoms with Crippen molar-refractivity contribution in [2.75, 3.05) is 39.5 Å². The van der Waals surface area contributed by atoms with Gasteiger partial charge < -0.3 is 24.8 Å². The number of β-amino-alcohol motifs (C(OH)–C–C–N with tert-alkyl or cyclic N) is 1. The average Bonchev–Trinajstić information content (AvgIpc) is 2.45. The van der Waals surface area contributed by atoms with Crippen molar-refractivity contribution in [3.8, 4) is 0 Å². The lowest BCUT2D eigenvalue weighted by Crippen LogP contribution is -2.49. The number of likely N-dealkylation sites (tertiary alicyclic amines) is 1. The van der Waals surface area contributed by atoms with Gasteiger partial charge >= 0.3 is 6.09 Å². The van der Waals surface area contributed by atoms with E-state index in [1.165, 1.54) is 0 Å². The molecule has 2 rings (SSSR count). The van der Waals surface area contributed by atoms with Gasteiger partial charge in [0.15, 0.2) is 0 Å². The molecular weight excluding hydrogens is 296 g/mol. The van der Waals surface area contributed by atoms with Gasteiger partial charge in [0, 0.05) is 38.1 Å². The van der Waals surface area contributed by atoms with Crippen molar-refractivity contribution in [1.29, 1.82) is 0 Å². The van der Waals surface area contributed by atoms with Crippen LogP contribution in [0.1, 0.15) is 46.5 Å².